The van der Waals surface area contributed by atoms with Crippen molar-refractivity contribution in [2.24, 2.45) is 0 Å². The highest BCUT2D eigenvalue weighted by Gasteiger charge is 2.34. The quantitative estimate of drug-likeness (QED) is 0.316. The van der Waals surface area contributed by atoms with Crippen LogP contribution in [0, 0.1) is 0 Å². The second-order valence-corrected chi connectivity index (χ2v) is 10.5. The van der Waals surface area contributed by atoms with Crippen LogP contribution in [0.5, 0.6) is 0 Å². The van der Waals surface area contributed by atoms with Gasteiger partial charge in [0.05, 0.1) is 32.6 Å². The minimum absolute atomic E-state index is 0.183. The molecule has 1 aromatic heterocycles. The molecule has 2 aliphatic heterocycles. The summed E-state index contributed by atoms with van der Waals surface area (Å²) in [6.45, 7) is 0. The molecule has 0 unspecified atom stereocenters. The third-order valence-electron chi connectivity index (χ3n) is 4.97. The number of nitrogens with zero attached hydrogens (tertiary/aromatic N) is 3. The maximum absolute atomic E-state index is 13.0. The molecule has 2 fully saturated rings. The smallest absolute Gasteiger partial charge is 0.268 e. The van der Waals surface area contributed by atoms with Crippen molar-refractivity contribution in [1.29, 1.82) is 0 Å². The molecule has 2 aliphatic rings. The lowest BCUT2D eigenvalue weighted by molar-refractivity contribution is -0.114. The number of aromatic nitrogens is 1. The van der Waals surface area contributed by atoms with Gasteiger partial charge in [-0.15, -0.1) is 0 Å². The molecule has 2 saturated heterocycles. The summed E-state index contributed by atoms with van der Waals surface area (Å²) in [5.74, 6) is -0.366. The van der Waals surface area contributed by atoms with Gasteiger partial charge in [0.2, 0.25) is 0 Å². The van der Waals surface area contributed by atoms with Crippen molar-refractivity contribution in [2.75, 3.05) is 9.80 Å². The Hall–Kier alpha value is -3.11. The van der Waals surface area contributed by atoms with Gasteiger partial charge in [0.15, 0.2) is 8.64 Å². The Morgan fingerprint density at radius 1 is 0.618 bits per heavy atom. The number of benzene rings is 2. The molecule has 9 heteroatoms. The van der Waals surface area contributed by atoms with Gasteiger partial charge in [-0.25, -0.2) is 4.98 Å². The average Bonchev–Trinajstić information content (AvgIpc) is 3.28. The lowest BCUT2D eigenvalue weighted by Gasteiger charge is -2.13. The van der Waals surface area contributed by atoms with Crippen LogP contribution < -0.4 is 9.80 Å². The molecule has 0 spiro atoms. The molecule has 3 heterocycles. The molecule has 0 N–H and O–H groups in total. The number of amides is 2. The van der Waals surface area contributed by atoms with Gasteiger partial charge in [-0.2, -0.15) is 0 Å². The number of hydrogen-bond acceptors (Lipinski definition) is 7. The Kier molecular flexibility index (Phi) is 6.42. The van der Waals surface area contributed by atoms with Gasteiger partial charge >= 0.3 is 0 Å². The van der Waals surface area contributed by atoms with Crippen LogP contribution in [0.2, 0.25) is 0 Å². The molecule has 0 aliphatic carbocycles. The lowest BCUT2D eigenvalue weighted by atomic mass is 10.2. The molecule has 5 rings (SSSR count). The first-order chi connectivity index (χ1) is 16.5. The highest BCUT2D eigenvalue weighted by molar-refractivity contribution is 8.27. The fourth-order valence-corrected chi connectivity index (χ4v) is 6.00. The van der Waals surface area contributed by atoms with E-state index in [2.05, 4.69) is 4.98 Å². The number of thioether (sulfide) groups is 2. The number of pyridine rings is 1. The van der Waals surface area contributed by atoms with E-state index >= 15 is 0 Å². The van der Waals surface area contributed by atoms with E-state index in [1.165, 1.54) is 33.3 Å². The molecule has 3 aromatic rings. The first kappa shape index (κ1) is 22.7. The number of carbonyl (C=O) groups is 2. The fraction of sp³-hybridized carbons (Fsp3) is 0. The van der Waals surface area contributed by atoms with Gasteiger partial charge in [0, 0.05) is 0 Å². The standard InChI is InChI=1S/C25H15N3O2S4/c29-22-20(33-24(31)27(22)18-10-3-1-4-11-18)14-16-8-7-9-17(26-16)15-21-23(30)28(25(32)34-21)19-12-5-2-6-13-19/h1-15H/b20-14+,21-15+. The molecule has 2 aromatic carbocycles. The van der Waals surface area contributed by atoms with Crippen molar-refractivity contribution in [3.8, 4) is 0 Å². The SMILES string of the molecule is O=C1/C(=C\c2cccc(/C=C3/SC(=S)N(c4ccccc4)C3=O)n2)SC(=S)N1c1ccccc1. The fourth-order valence-electron chi connectivity index (χ4n) is 3.43. The van der Waals surface area contributed by atoms with Crippen molar-refractivity contribution in [2.45, 2.75) is 0 Å². The molecule has 0 atom stereocenters. The molecule has 5 nitrogen and oxygen atoms in total. The predicted octanol–water partition coefficient (Wildman–Crippen LogP) is 5.89. The molecule has 166 valence electrons. The van der Waals surface area contributed by atoms with Crippen LogP contribution in [-0.2, 0) is 9.59 Å². The summed E-state index contributed by atoms with van der Waals surface area (Å²) in [5.41, 5.74) is 2.66. The summed E-state index contributed by atoms with van der Waals surface area (Å²) < 4.78 is 0.950. The summed E-state index contributed by atoms with van der Waals surface area (Å²) >= 11 is 13.3. The lowest BCUT2D eigenvalue weighted by Crippen LogP contribution is -2.27. The zero-order valence-corrected chi connectivity index (χ0v) is 20.7. The van der Waals surface area contributed by atoms with Crippen molar-refractivity contribution < 1.29 is 9.59 Å². The van der Waals surface area contributed by atoms with E-state index in [1.807, 2.05) is 78.9 Å². The summed E-state index contributed by atoms with van der Waals surface area (Å²) in [7, 11) is 0. The highest BCUT2D eigenvalue weighted by atomic mass is 32.2. The Bertz CT molecular complexity index is 1280. The number of thiocarbonyl (C=S) groups is 2. The minimum Gasteiger partial charge on any atom is -0.268 e. The van der Waals surface area contributed by atoms with E-state index in [1.54, 1.807) is 12.2 Å². The van der Waals surface area contributed by atoms with Gasteiger partial charge in [-0.3, -0.25) is 19.4 Å². The van der Waals surface area contributed by atoms with E-state index in [4.69, 9.17) is 24.4 Å². The number of rotatable bonds is 4. The van der Waals surface area contributed by atoms with Crippen LogP contribution >= 0.6 is 48.0 Å². The van der Waals surface area contributed by atoms with Crippen molar-refractivity contribution in [3.63, 3.8) is 0 Å². The topological polar surface area (TPSA) is 53.5 Å². The Morgan fingerprint density at radius 3 is 1.44 bits per heavy atom. The second-order valence-electron chi connectivity index (χ2n) is 7.19. The summed E-state index contributed by atoms with van der Waals surface area (Å²) in [4.78, 5) is 34.6. The van der Waals surface area contributed by atoms with E-state index in [-0.39, 0.29) is 11.8 Å². The van der Waals surface area contributed by atoms with Crippen molar-refractivity contribution in [1.82, 2.24) is 4.98 Å². The zero-order chi connectivity index (χ0) is 23.7. The van der Waals surface area contributed by atoms with E-state index in [0.717, 1.165) is 11.4 Å². The van der Waals surface area contributed by atoms with Crippen LogP contribution in [0.1, 0.15) is 11.4 Å². The van der Waals surface area contributed by atoms with Crippen molar-refractivity contribution >= 4 is 91.9 Å². The van der Waals surface area contributed by atoms with E-state index < -0.39 is 0 Å². The first-order valence-electron chi connectivity index (χ1n) is 10.1. The second kappa shape index (κ2) is 9.63. The van der Waals surface area contributed by atoms with E-state index in [9.17, 15) is 9.59 Å². The van der Waals surface area contributed by atoms with Crippen molar-refractivity contribution in [3.05, 3.63) is 100 Å². The van der Waals surface area contributed by atoms with Gasteiger partial charge in [-0.05, 0) is 48.6 Å². The normalized spacial score (nSPS) is 18.6. The Balaban J connectivity index is 1.39. The number of para-hydroxylation sites is 2. The summed E-state index contributed by atoms with van der Waals surface area (Å²) in [5, 5.41) is 0. The van der Waals surface area contributed by atoms with Crippen LogP contribution in [0.25, 0.3) is 12.2 Å². The van der Waals surface area contributed by atoms with Crippen LogP contribution in [0.15, 0.2) is 88.7 Å². The van der Waals surface area contributed by atoms with Gasteiger partial charge in [0.1, 0.15) is 0 Å². The number of carbonyl (C=O) groups excluding carboxylic acids is 2. The summed E-state index contributed by atoms with van der Waals surface area (Å²) in [6.07, 6.45) is 3.43. The Labute approximate surface area is 215 Å². The molecule has 34 heavy (non-hydrogen) atoms. The third-order valence-corrected chi connectivity index (χ3v) is 7.57. The molecular weight excluding hydrogens is 503 g/mol. The summed E-state index contributed by atoms with van der Waals surface area (Å²) in [6, 6.07) is 24.1. The molecular formula is C25H15N3O2S4. The minimum atomic E-state index is -0.183. The molecule has 0 bridgehead atoms. The predicted molar refractivity (Wildman–Crippen MR) is 148 cm³/mol. The number of anilines is 2. The highest BCUT2D eigenvalue weighted by Crippen LogP contribution is 2.37. The largest absolute Gasteiger partial charge is 0.270 e. The number of hydrogen-bond donors (Lipinski definition) is 0. The van der Waals surface area contributed by atoms with Crippen LogP contribution in [0.4, 0.5) is 11.4 Å². The molecule has 0 radical (unpaired) electrons. The van der Waals surface area contributed by atoms with Gasteiger partial charge in [0.25, 0.3) is 11.8 Å². The van der Waals surface area contributed by atoms with Crippen LogP contribution in [-0.4, -0.2) is 25.4 Å². The van der Waals surface area contributed by atoms with Gasteiger partial charge in [-0.1, -0.05) is 90.4 Å². The monoisotopic (exact) mass is 517 g/mol. The molecule has 0 saturated carbocycles. The average molecular weight is 518 g/mol. The maximum Gasteiger partial charge on any atom is 0.270 e. The third kappa shape index (κ3) is 4.47. The Morgan fingerprint density at radius 2 is 1.03 bits per heavy atom. The van der Waals surface area contributed by atoms with Gasteiger partial charge < -0.3 is 0 Å². The first-order valence-corrected chi connectivity index (χ1v) is 12.6. The molecule has 2 amide bonds. The maximum atomic E-state index is 13.0. The van der Waals surface area contributed by atoms with E-state index in [0.29, 0.717) is 29.8 Å². The zero-order valence-electron chi connectivity index (χ0n) is 17.5. The van der Waals surface area contributed by atoms with Crippen LogP contribution in [0.3, 0.4) is 0 Å².